The monoisotopic (exact) mass is 330 g/mol. The minimum atomic E-state index is -0.825. The lowest BCUT2D eigenvalue weighted by molar-refractivity contribution is -0.143. The SMILES string of the molecule is Cc1nc(-c2ccccc2)sc1C(=O)N1CCC[C@H](C(=O)O)C1. The zero-order chi connectivity index (χ0) is 16.4. The Labute approximate surface area is 138 Å². The highest BCUT2D eigenvalue weighted by molar-refractivity contribution is 7.17. The fourth-order valence-electron chi connectivity index (χ4n) is 2.81. The van der Waals surface area contributed by atoms with Gasteiger partial charge in [-0.05, 0) is 19.8 Å². The normalized spacial score (nSPS) is 18.0. The Balaban J connectivity index is 1.83. The molecule has 2 heterocycles. The molecule has 1 fully saturated rings. The summed E-state index contributed by atoms with van der Waals surface area (Å²) >= 11 is 1.37. The number of nitrogens with zero attached hydrogens (tertiary/aromatic N) is 2. The number of carboxylic acid groups (broad SMARTS) is 1. The number of amides is 1. The van der Waals surface area contributed by atoms with Crippen LogP contribution in [0.1, 0.15) is 28.2 Å². The summed E-state index contributed by atoms with van der Waals surface area (Å²) < 4.78 is 0. The second-order valence-electron chi connectivity index (χ2n) is 5.73. The number of carboxylic acids is 1. The minimum absolute atomic E-state index is 0.104. The number of aryl methyl sites for hydroxylation is 1. The summed E-state index contributed by atoms with van der Waals surface area (Å²) in [7, 11) is 0. The zero-order valence-electron chi connectivity index (χ0n) is 12.9. The lowest BCUT2D eigenvalue weighted by Crippen LogP contribution is -2.42. The van der Waals surface area contributed by atoms with Crippen LogP contribution < -0.4 is 0 Å². The standard InChI is InChI=1S/C17H18N2O3S/c1-11-14(23-15(18-11)12-6-3-2-4-7-12)16(20)19-9-5-8-13(10-19)17(21)22/h2-4,6-7,13H,5,8-10H2,1H3,(H,21,22)/t13-/m0/s1. The van der Waals surface area contributed by atoms with E-state index in [4.69, 9.17) is 5.11 Å². The van der Waals surface area contributed by atoms with Crippen LogP contribution in [0.25, 0.3) is 10.6 Å². The molecule has 5 nitrogen and oxygen atoms in total. The molecule has 2 aromatic rings. The van der Waals surface area contributed by atoms with E-state index in [0.29, 0.717) is 23.5 Å². The molecule has 3 rings (SSSR count). The molecule has 1 amide bonds. The van der Waals surface area contributed by atoms with E-state index in [1.807, 2.05) is 37.3 Å². The molecule has 0 spiro atoms. The third kappa shape index (κ3) is 3.27. The van der Waals surface area contributed by atoms with Crippen molar-refractivity contribution < 1.29 is 14.7 Å². The smallest absolute Gasteiger partial charge is 0.308 e. The van der Waals surface area contributed by atoms with Gasteiger partial charge in [-0.15, -0.1) is 11.3 Å². The van der Waals surface area contributed by atoms with Crippen molar-refractivity contribution >= 4 is 23.2 Å². The van der Waals surface area contributed by atoms with Crippen LogP contribution in [0.5, 0.6) is 0 Å². The van der Waals surface area contributed by atoms with Gasteiger partial charge in [0.15, 0.2) is 0 Å². The van der Waals surface area contributed by atoms with Gasteiger partial charge in [0.1, 0.15) is 9.88 Å². The Hall–Kier alpha value is -2.21. The van der Waals surface area contributed by atoms with Gasteiger partial charge in [-0.2, -0.15) is 0 Å². The molecule has 0 unspecified atom stereocenters. The fourth-order valence-corrected chi connectivity index (χ4v) is 3.85. The Bertz CT molecular complexity index is 727. The molecule has 1 aliphatic rings. The molecule has 23 heavy (non-hydrogen) atoms. The molecule has 0 radical (unpaired) electrons. The van der Waals surface area contributed by atoms with Crippen molar-refractivity contribution in [1.82, 2.24) is 9.88 Å². The summed E-state index contributed by atoms with van der Waals surface area (Å²) in [6, 6.07) is 9.75. The molecule has 0 aliphatic carbocycles. The van der Waals surface area contributed by atoms with Crippen LogP contribution in [0.2, 0.25) is 0 Å². The fraction of sp³-hybridized carbons (Fsp3) is 0.353. The highest BCUT2D eigenvalue weighted by Crippen LogP contribution is 2.29. The quantitative estimate of drug-likeness (QED) is 0.939. The maximum Gasteiger partial charge on any atom is 0.308 e. The number of hydrogen-bond donors (Lipinski definition) is 1. The van der Waals surface area contributed by atoms with E-state index in [0.717, 1.165) is 17.0 Å². The van der Waals surface area contributed by atoms with E-state index in [1.54, 1.807) is 4.90 Å². The van der Waals surface area contributed by atoms with Gasteiger partial charge in [0.2, 0.25) is 0 Å². The Kier molecular flexibility index (Phi) is 4.43. The summed E-state index contributed by atoms with van der Waals surface area (Å²) in [5.74, 6) is -1.39. The number of rotatable bonds is 3. The van der Waals surface area contributed by atoms with Crippen LogP contribution >= 0.6 is 11.3 Å². The Morgan fingerprint density at radius 3 is 2.74 bits per heavy atom. The van der Waals surface area contributed by atoms with Crippen molar-refractivity contribution in [2.45, 2.75) is 19.8 Å². The second kappa shape index (κ2) is 6.50. The molecule has 0 saturated carbocycles. The molecule has 6 heteroatoms. The summed E-state index contributed by atoms with van der Waals surface area (Å²) in [6.45, 7) is 2.72. The number of thiazole rings is 1. The number of carbonyl (C=O) groups excluding carboxylic acids is 1. The average molecular weight is 330 g/mol. The first-order valence-corrected chi connectivity index (χ1v) is 8.43. The lowest BCUT2D eigenvalue weighted by atomic mass is 9.98. The maximum atomic E-state index is 12.7. The van der Waals surface area contributed by atoms with Crippen molar-refractivity contribution in [3.63, 3.8) is 0 Å². The number of aromatic nitrogens is 1. The van der Waals surface area contributed by atoms with Crippen LogP contribution in [-0.2, 0) is 4.79 Å². The molecule has 1 saturated heterocycles. The lowest BCUT2D eigenvalue weighted by Gasteiger charge is -2.30. The van der Waals surface area contributed by atoms with Crippen molar-refractivity contribution in [3.05, 3.63) is 40.9 Å². The number of benzene rings is 1. The molecule has 120 valence electrons. The maximum absolute atomic E-state index is 12.7. The summed E-state index contributed by atoms with van der Waals surface area (Å²) in [4.78, 5) is 30.7. The number of piperidine rings is 1. The van der Waals surface area contributed by atoms with Gasteiger partial charge in [-0.25, -0.2) is 4.98 Å². The van der Waals surface area contributed by atoms with Crippen LogP contribution in [0.3, 0.4) is 0 Å². The van der Waals surface area contributed by atoms with Crippen molar-refractivity contribution in [2.75, 3.05) is 13.1 Å². The third-order valence-corrected chi connectivity index (χ3v) is 5.26. The second-order valence-corrected chi connectivity index (χ2v) is 6.73. The first kappa shape index (κ1) is 15.7. The van der Waals surface area contributed by atoms with Gasteiger partial charge >= 0.3 is 5.97 Å². The van der Waals surface area contributed by atoms with Crippen molar-refractivity contribution in [3.8, 4) is 10.6 Å². The molecule has 0 bridgehead atoms. The first-order valence-electron chi connectivity index (χ1n) is 7.61. The van der Waals surface area contributed by atoms with Crippen LogP contribution in [-0.4, -0.2) is 40.0 Å². The number of hydrogen-bond acceptors (Lipinski definition) is 4. The van der Waals surface area contributed by atoms with Crippen molar-refractivity contribution in [2.24, 2.45) is 5.92 Å². The van der Waals surface area contributed by atoms with E-state index >= 15 is 0 Å². The Morgan fingerprint density at radius 1 is 1.30 bits per heavy atom. The minimum Gasteiger partial charge on any atom is -0.481 e. The van der Waals surface area contributed by atoms with E-state index < -0.39 is 11.9 Å². The topological polar surface area (TPSA) is 70.5 Å². The zero-order valence-corrected chi connectivity index (χ0v) is 13.7. The van der Waals surface area contributed by atoms with E-state index in [9.17, 15) is 9.59 Å². The highest BCUT2D eigenvalue weighted by atomic mass is 32.1. The average Bonchev–Trinajstić information content (AvgIpc) is 2.97. The van der Waals surface area contributed by atoms with Gasteiger partial charge in [0.05, 0.1) is 11.6 Å². The first-order chi connectivity index (χ1) is 11.1. The third-order valence-electron chi connectivity index (χ3n) is 4.07. The predicted molar refractivity (Wildman–Crippen MR) is 88.6 cm³/mol. The molecule has 1 aromatic carbocycles. The van der Waals surface area contributed by atoms with Gasteiger partial charge in [0, 0.05) is 18.7 Å². The van der Waals surface area contributed by atoms with Crippen molar-refractivity contribution in [1.29, 1.82) is 0 Å². The van der Waals surface area contributed by atoms with E-state index in [1.165, 1.54) is 11.3 Å². The van der Waals surface area contributed by atoms with Crippen LogP contribution in [0.15, 0.2) is 30.3 Å². The van der Waals surface area contributed by atoms with Gasteiger partial charge in [0.25, 0.3) is 5.91 Å². The summed E-state index contributed by atoms with van der Waals surface area (Å²) in [5, 5.41) is 9.99. The molecule has 1 aromatic heterocycles. The van der Waals surface area contributed by atoms with Crippen LogP contribution in [0, 0.1) is 12.8 Å². The van der Waals surface area contributed by atoms with Gasteiger partial charge in [-0.1, -0.05) is 30.3 Å². The largest absolute Gasteiger partial charge is 0.481 e. The number of aliphatic carboxylic acids is 1. The molecule has 1 aliphatic heterocycles. The van der Waals surface area contributed by atoms with Crippen LogP contribution in [0.4, 0.5) is 0 Å². The number of likely N-dealkylation sites (tertiary alicyclic amines) is 1. The molecule has 1 atom stereocenters. The molecule has 1 N–H and O–H groups in total. The highest BCUT2D eigenvalue weighted by Gasteiger charge is 2.30. The molecular weight excluding hydrogens is 312 g/mol. The number of carbonyl (C=O) groups is 2. The van der Waals surface area contributed by atoms with E-state index in [2.05, 4.69) is 4.98 Å². The summed E-state index contributed by atoms with van der Waals surface area (Å²) in [5.41, 5.74) is 1.69. The van der Waals surface area contributed by atoms with Gasteiger partial charge in [-0.3, -0.25) is 9.59 Å². The van der Waals surface area contributed by atoms with Gasteiger partial charge < -0.3 is 10.0 Å². The Morgan fingerprint density at radius 2 is 2.04 bits per heavy atom. The molecular formula is C17H18N2O3S. The van der Waals surface area contributed by atoms with E-state index in [-0.39, 0.29) is 12.5 Å². The summed E-state index contributed by atoms with van der Waals surface area (Å²) in [6.07, 6.45) is 1.36. The predicted octanol–water partition coefficient (Wildman–Crippen LogP) is 3.06.